The largest absolute Gasteiger partial charge is 0.722 e. The summed E-state index contributed by atoms with van der Waals surface area (Å²) in [4.78, 5) is 0. The Morgan fingerprint density at radius 1 is 0.909 bits per heavy atom. The van der Waals surface area contributed by atoms with E-state index in [0.717, 1.165) is 28.9 Å². The van der Waals surface area contributed by atoms with Gasteiger partial charge in [0.2, 0.25) is 0 Å². The summed E-state index contributed by atoms with van der Waals surface area (Å²) < 4.78 is 105. The predicted octanol–water partition coefficient (Wildman–Crippen LogP) is 3.62. The molecule has 0 radical (unpaired) electrons. The minimum absolute atomic E-state index is 0.0668. The van der Waals surface area contributed by atoms with Crippen LogP contribution in [0.4, 0.5) is 11.7 Å². The first kappa shape index (κ1) is 42.8. The first-order valence-corrected chi connectivity index (χ1v) is 16.6. The molecule has 0 saturated carbocycles. The van der Waals surface area contributed by atoms with Crippen LogP contribution in [0.15, 0.2) is 79.4 Å². The molecule has 248 valence electrons. The highest BCUT2D eigenvalue weighted by atomic mass is 32.3. The number of nitriles is 1. The van der Waals surface area contributed by atoms with Crippen molar-refractivity contribution in [2.45, 2.75) is 59.8 Å². The molecule has 0 amide bonds. The van der Waals surface area contributed by atoms with Crippen LogP contribution in [-0.2, 0) is 51.5 Å². The van der Waals surface area contributed by atoms with E-state index in [9.17, 15) is 28.5 Å². The number of benzene rings is 2. The van der Waals surface area contributed by atoms with Gasteiger partial charge in [0.15, 0.2) is 0 Å². The minimum Gasteiger partial charge on any atom is -0.722 e. The van der Waals surface area contributed by atoms with Crippen LogP contribution in [0.2, 0.25) is 0 Å². The molecular formula is C26H38F3N5O7S3. The Bertz CT molecular complexity index is 1560. The van der Waals surface area contributed by atoms with Gasteiger partial charge in [0, 0.05) is 32.1 Å². The normalized spacial score (nSPS) is 11.0. The third kappa shape index (κ3) is 25.2. The Morgan fingerprint density at radius 3 is 1.59 bits per heavy atom. The molecule has 1 heterocycles. The molecule has 1 aromatic heterocycles. The molecule has 0 aliphatic heterocycles. The maximum atomic E-state index is 12.9. The monoisotopic (exact) mass is 685 g/mol. The average Bonchev–Trinajstić information content (AvgIpc) is 3.34. The fraction of sp³-hybridized carbons (Fsp3) is 0.385. The summed E-state index contributed by atoms with van der Waals surface area (Å²) in [5.74, 6) is 0. The first-order chi connectivity index (χ1) is 20.1. The molecule has 0 aliphatic rings. The Balaban J connectivity index is 0. The fourth-order valence-corrected chi connectivity index (χ4v) is 4.02. The lowest BCUT2D eigenvalue weighted by Crippen LogP contribution is -2.33. The van der Waals surface area contributed by atoms with E-state index >= 15 is 0 Å². The molecule has 3 rings (SSSR count). The van der Waals surface area contributed by atoms with Crippen molar-refractivity contribution in [1.82, 2.24) is 13.6 Å². The first-order valence-electron chi connectivity index (χ1n) is 12.6. The Hall–Kier alpha value is -3.34. The lowest BCUT2D eigenvalue weighted by molar-refractivity contribution is -0.670. The molecule has 0 atom stereocenters. The van der Waals surface area contributed by atoms with Gasteiger partial charge in [0.25, 0.3) is 16.8 Å². The van der Waals surface area contributed by atoms with Crippen molar-refractivity contribution in [1.29, 1.82) is 5.26 Å². The van der Waals surface area contributed by atoms with Crippen molar-refractivity contribution in [2.75, 3.05) is 0 Å². The van der Waals surface area contributed by atoms with E-state index in [2.05, 4.69) is 43.4 Å². The third-order valence-electron chi connectivity index (χ3n) is 4.59. The highest BCUT2D eigenvalue weighted by Gasteiger charge is 2.24. The number of rotatable bonds is 8. The van der Waals surface area contributed by atoms with Crippen molar-refractivity contribution < 1.29 is 46.0 Å². The van der Waals surface area contributed by atoms with E-state index in [4.69, 9.17) is 18.2 Å². The molecule has 12 nitrogen and oxygen atoms in total. The van der Waals surface area contributed by atoms with Crippen LogP contribution in [0.3, 0.4) is 0 Å². The van der Waals surface area contributed by atoms with Gasteiger partial charge in [0.1, 0.15) is 12.4 Å². The summed E-state index contributed by atoms with van der Waals surface area (Å²) in [6.45, 7) is 10.1. The van der Waals surface area contributed by atoms with Crippen LogP contribution < -0.4 is 9.88 Å². The topological polar surface area (TPSA) is 173 Å². The number of nitrogens with zero attached hydrogens (tertiary/aromatic N) is 4. The standard InChI is InChI=1S/C10H14FNO2S.C10H15N.C4H6FN2O2S.C2H3N.FHO3S/c1-9(2)12(15(11,13)14)8-10-6-4-3-5-7-10;1-9(2)11-8-10-6-4-3-5-7-10;1-6-2-3-7(4-6)10(5,8)9;1-2-3;1-5(2,3)4/h3-7,9H,8H2,1-2H3;3-7,9,11H,8H2,1-2H3;2-4H,1H3;1H3;(H,2,3,4)/q;;+1;;/p-1. The fourth-order valence-electron chi connectivity index (χ4n) is 2.75. The van der Waals surface area contributed by atoms with Gasteiger partial charge in [-0.1, -0.05) is 86.3 Å². The van der Waals surface area contributed by atoms with Crippen LogP contribution >= 0.6 is 0 Å². The van der Waals surface area contributed by atoms with Crippen molar-refractivity contribution in [3.05, 3.63) is 90.5 Å². The van der Waals surface area contributed by atoms with Crippen LogP contribution in [0.25, 0.3) is 0 Å². The van der Waals surface area contributed by atoms with Crippen molar-refractivity contribution in [3.8, 4) is 6.07 Å². The molecule has 44 heavy (non-hydrogen) atoms. The maximum Gasteiger partial charge on any atom is 0.480 e. The molecule has 0 unspecified atom stereocenters. The number of halogens is 3. The quantitative estimate of drug-likeness (QED) is 0.211. The third-order valence-corrected chi connectivity index (χ3v) is 6.42. The highest BCUT2D eigenvalue weighted by molar-refractivity contribution is 7.84. The number of hydrogen-bond acceptors (Lipinski definition) is 9. The summed E-state index contributed by atoms with van der Waals surface area (Å²) >= 11 is 0. The molecule has 0 saturated heterocycles. The average molecular weight is 686 g/mol. The second-order valence-corrected chi connectivity index (χ2v) is 12.4. The lowest BCUT2D eigenvalue weighted by atomic mass is 10.2. The molecular weight excluding hydrogens is 648 g/mol. The van der Waals surface area contributed by atoms with Crippen LogP contribution in [0, 0.1) is 11.3 Å². The van der Waals surface area contributed by atoms with E-state index in [1.54, 1.807) is 51.2 Å². The van der Waals surface area contributed by atoms with Crippen molar-refractivity contribution in [2.24, 2.45) is 7.05 Å². The summed E-state index contributed by atoms with van der Waals surface area (Å²) in [7, 11) is -13.0. The van der Waals surface area contributed by atoms with Gasteiger partial charge in [0.05, 0.1) is 13.1 Å². The van der Waals surface area contributed by atoms with Gasteiger partial charge in [-0.25, -0.2) is 13.0 Å². The summed E-state index contributed by atoms with van der Waals surface area (Å²) in [6, 6.07) is 21.3. The Morgan fingerprint density at radius 2 is 1.32 bits per heavy atom. The zero-order chi connectivity index (χ0) is 34.6. The maximum absolute atomic E-state index is 12.9. The van der Waals surface area contributed by atoms with Gasteiger partial charge < -0.3 is 9.87 Å². The van der Waals surface area contributed by atoms with Crippen LogP contribution in [0.1, 0.15) is 45.7 Å². The molecule has 2 aromatic carbocycles. The summed E-state index contributed by atoms with van der Waals surface area (Å²) in [6.07, 6.45) is 3.67. The molecule has 0 aliphatic carbocycles. The van der Waals surface area contributed by atoms with Gasteiger partial charge >= 0.3 is 20.8 Å². The van der Waals surface area contributed by atoms with Gasteiger partial charge in [-0.05, 0) is 25.0 Å². The highest BCUT2D eigenvalue weighted by Crippen LogP contribution is 2.14. The SMILES string of the molecule is CC#N.CC(C)N(Cc1ccccc1)S(=O)(=O)F.CC(C)NCc1ccccc1.C[n+]1ccn(S(=O)(=O)F)c1.O=S(=O)([O-])F. The number of hydrogen-bond donors (Lipinski definition) is 1. The molecule has 0 fully saturated rings. The Labute approximate surface area is 259 Å². The molecule has 3 aromatic rings. The second kappa shape index (κ2) is 21.4. The van der Waals surface area contributed by atoms with Gasteiger partial charge in [-0.3, -0.25) is 0 Å². The number of nitrogens with one attached hydrogen (secondary N) is 1. The molecule has 0 bridgehead atoms. The molecule has 18 heteroatoms. The summed E-state index contributed by atoms with van der Waals surface area (Å²) in [5, 5.41) is 10.7. The minimum atomic E-state index is -5.42. The zero-order valence-corrected chi connectivity index (χ0v) is 27.5. The molecule has 0 spiro atoms. The number of aromatic nitrogens is 2. The van der Waals surface area contributed by atoms with Gasteiger partial charge in [-0.2, -0.15) is 26.4 Å². The zero-order valence-electron chi connectivity index (χ0n) is 25.1. The van der Waals surface area contributed by atoms with Crippen molar-refractivity contribution >= 4 is 31.3 Å². The van der Waals surface area contributed by atoms with Crippen molar-refractivity contribution in [3.63, 3.8) is 0 Å². The van der Waals surface area contributed by atoms with E-state index in [1.165, 1.54) is 23.3 Å². The summed E-state index contributed by atoms with van der Waals surface area (Å²) in [5.41, 5.74) is 2.12. The van der Waals surface area contributed by atoms with E-state index in [1.807, 2.05) is 12.1 Å². The van der Waals surface area contributed by atoms with Crippen LogP contribution in [0.5, 0.6) is 0 Å². The predicted molar refractivity (Wildman–Crippen MR) is 159 cm³/mol. The van der Waals surface area contributed by atoms with E-state index in [-0.39, 0.29) is 12.6 Å². The molecule has 1 N–H and O–H groups in total. The smallest absolute Gasteiger partial charge is 0.480 e. The van der Waals surface area contributed by atoms with Gasteiger partial charge in [-0.15, -0.1) is 3.89 Å². The number of aryl methyl sites for hydroxylation is 1. The number of imidazole rings is 1. The van der Waals surface area contributed by atoms with E-state index in [0.29, 0.717) is 10.0 Å². The Kier molecular flexibility index (Phi) is 20.8. The van der Waals surface area contributed by atoms with Crippen LogP contribution in [-0.4, -0.2) is 50.2 Å². The lowest BCUT2D eigenvalue weighted by Gasteiger charge is -2.21. The second-order valence-electron chi connectivity index (χ2n) is 9.06. The van der Waals surface area contributed by atoms with E-state index < -0.39 is 31.3 Å².